The van der Waals surface area contributed by atoms with Gasteiger partial charge in [-0.1, -0.05) is 17.7 Å². The zero-order chi connectivity index (χ0) is 39.3. The Bertz CT molecular complexity index is 1910. The Kier molecular flexibility index (Phi) is 11.3. The highest BCUT2D eigenvalue weighted by Gasteiger charge is 2.67. The molecule has 1 aliphatic rings. The van der Waals surface area contributed by atoms with E-state index in [4.69, 9.17) is 44.3 Å². The number of alkyl halides is 5. The van der Waals surface area contributed by atoms with E-state index in [1.165, 1.54) is 53.7 Å². The number of Topliss-reactive ketones (excluding diaryl/α,β-unsaturated/α-hetero) is 1. The molecule has 1 N–H and O–H groups in total. The second-order valence-electron chi connectivity index (χ2n) is 13.8. The summed E-state index contributed by atoms with van der Waals surface area (Å²) < 4.78 is 92.6. The first-order chi connectivity index (χ1) is 23.7. The van der Waals surface area contributed by atoms with E-state index in [2.05, 4.69) is 5.32 Å². The van der Waals surface area contributed by atoms with Gasteiger partial charge in [0, 0.05) is 29.7 Å². The number of rotatable bonds is 7. The Morgan fingerprint density at radius 3 is 1.92 bits per heavy atom. The van der Waals surface area contributed by atoms with Gasteiger partial charge in [0.15, 0.2) is 11.6 Å². The first kappa shape index (κ1) is 40.8. The molecule has 4 rings (SSSR count). The van der Waals surface area contributed by atoms with Crippen molar-refractivity contribution in [3.05, 3.63) is 93.3 Å². The first-order valence-electron chi connectivity index (χ1n) is 15.3. The number of carbonyl (C=O) groups is 4. The molecule has 8 nitrogen and oxygen atoms in total. The number of ketones is 1. The number of halogens is 9. The zero-order valence-corrected chi connectivity index (χ0v) is 30.5. The van der Waals surface area contributed by atoms with Crippen molar-refractivity contribution < 1.29 is 55.0 Å². The van der Waals surface area contributed by atoms with Crippen LogP contribution in [0.25, 0.3) is 0 Å². The zero-order valence-electron chi connectivity index (χ0n) is 28.3. The highest BCUT2D eigenvalue weighted by atomic mass is 35.5. The van der Waals surface area contributed by atoms with Gasteiger partial charge in [-0.05, 0) is 89.1 Å². The van der Waals surface area contributed by atoms with Crippen LogP contribution in [-0.4, -0.2) is 39.4 Å². The molecule has 280 valence electrons. The maximum absolute atomic E-state index is 15.2. The number of nitrogens with one attached hydrogen (secondary N) is 1. The molecule has 1 aliphatic carbocycles. The standard InChI is InChI=1S/C35H31Cl3F6N2O6/c1-32(2,3)51-30(49)46(31(50)52-33(4,5)6)25-12-17(23(40)15-24(25)41)13-26(47)19-14-18(8-9-21(19)36)45-29(48)28-27(34(28,37)38)16-7-10-22(39)20(11-16)35(42,43)44/h7-12,14-15,27-28H,13H2,1-6H3,(H,45,48)/t27-,28+/m0/s1. The van der Waals surface area contributed by atoms with Crippen LogP contribution in [0.3, 0.4) is 0 Å². The lowest BCUT2D eigenvalue weighted by atomic mass is 10.0. The van der Waals surface area contributed by atoms with E-state index in [0.717, 1.165) is 18.2 Å². The molecule has 0 saturated heterocycles. The van der Waals surface area contributed by atoms with Gasteiger partial charge >= 0.3 is 18.4 Å². The minimum Gasteiger partial charge on any atom is -0.443 e. The van der Waals surface area contributed by atoms with Crippen LogP contribution in [-0.2, 0) is 26.9 Å². The number of anilines is 2. The Balaban J connectivity index is 1.60. The Hall–Kier alpha value is -4.01. The molecule has 0 spiro atoms. The Morgan fingerprint density at radius 1 is 0.808 bits per heavy atom. The summed E-state index contributed by atoms with van der Waals surface area (Å²) in [5, 5.41) is 2.31. The van der Waals surface area contributed by atoms with Crippen LogP contribution >= 0.6 is 34.8 Å². The number of hydrogen-bond acceptors (Lipinski definition) is 6. The van der Waals surface area contributed by atoms with Gasteiger partial charge in [-0.15, -0.1) is 23.2 Å². The fraction of sp³-hybridized carbons (Fsp3) is 0.371. The molecular weight excluding hydrogens is 765 g/mol. The van der Waals surface area contributed by atoms with Crippen molar-refractivity contribution in [2.24, 2.45) is 5.92 Å². The van der Waals surface area contributed by atoms with E-state index in [0.29, 0.717) is 18.2 Å². The van der Waals surface area contributed by atoms with Crippen LogP contribution in [0.4, 0.5) is 47.3 Å². The SMILES string of the molecule is CC(C)(C)OC(=O)N(C(=O)OC(C)(C)C)c1cc(CC(=O)c2cc(NC(=O)[C@H]3[C@H](c4ccc(F)c(C(F)(F)F)c4)C3(Cl)Cl)ccc2Cl)c(F)cc1F. The normalized spacial score (nSPS) is 16.9. The van der Waals surface area contributed by atoms with Crippen molar-refractivity contribution >= 4 is 70.1 Å². The number of amides is 3. The summed E-state index contributed by atoms with van der Waals surface area (Å²) in [7, 11) is 0. The second kappa shape index (κ2) is 14.4. The molecule has 1 fully saturated rings. The minimum absolute atomic E-state index is 0.0380. The van der Waals surface area contributed by atoms with Crippen LogP contribution in [0, 0.1) is 23.4 Å². The summed E-state index contributed by atoms with van der Waals surface area (Å²) in [5.41, 5.74) is -5.50. The van der Waals surface area contributed by atoms with E-state index < -0.39 is 98.1 Å². The molecular formula is C35H31Cl3F6N2O6. The smallest absolute Gasteiger partial charge is 0.424 e. The van der Waals surface area contributed by atoms with Crippen LogP contribution in [0.1, 0.15) is 74.5 Å². The lowest BCUT2D eigenvalue weighted by Crippen LogP contribution is -2.44. The Labute approximate surface area is 309 Å². The van der Waals surface area contributed by atoms with Gasteiger partial charge in [0.25, 0.3) is 0 Å². The van der Waals surface area contributed by atoms with Gasteiger partial charge in [0.05, 0.1) is 22.2 Å². The third kappa shape index (κ3) is 9.31. The second-order valence-corrected chi connectivity index (χ2v) is 15.7. The highest BCUT2D eigenvalue weighted by molar-refractivity contribution is 6.53. The van der Waals surface area contributed by atoms with Gasteiger partial charge in [-0.2, -0.15) is 18.1 Å². The van der Waals surface area contributed by atoms with Crippen molar-refractivity contribution in [1.82, 2.24) is 0 Å². The average molecular weight is 796 g/mol. The molecule has 0 aromatic heterocycles. The summed E-state index contributed by atoms with van der Waals surface area (Å²) in [6, 6.07) is 6.91. The fourth-order valence-corrected chi connectivity index (χ4v) is 6.15. The van der Waals surface area contributed by atoms with Crippen molar-refractivity contribution in [2.45, 2.75) is 75.6 Å². The fourth-order valence-electron chi connectivity index (χ4n) is 5.10. The van der Waals surface area contributed by atoms with Crippen molar-refractivity contribution in [3.8, 4) is 0 Å². The van der Waals surface area contributed by atoms with Crippen LogP contribution in [0.15, 0.2) is 48.5 Å². The predicted molar refractivity (Wildman–Crippen MR) is 181 cm³/mol. The molecule has 17 heteroatoms. The highest BCUT2D eigenvalue weighted by Crippen LogP contribution is 2.65. The predicted octanol–water partition coefficient (Wildman–Crippen LogP) is 10.4. The molecule has 0 radical (unpaired) electrons. The number of imide groups is 1. The third-order valence-electron chi connectivity index (χ3n) is 7.39. The maximum Gasteiger partial charge on any atom is 0.424 e. The van der Waals surface area contributed by atoms with Crippen molar-refractivity contribution in [2.75, 3.05) is 10.2 Å². The lowest BCUT2D eigenvalue weighted by Gasteiger charge is -2.29. The quantitative estimate of drug-likeness (QED) is 0.145. The summed E-state index contributed by atoms with van der Waals surface area (Å²) in [5.74, 6) is -8.23. The van der Waals surface area contributed by atoms with Gasteiger partial charge in [0.2, 0.25) is 5.91 Å². The van der Waals surface area contributed by atoms with Gasteiger partial charge in [0.1, 0.15) is 27.2 Å². The summed E-state index contributed by atoms with van der Waals surface area (Å²) in [4.78, 5) is 53.0. The monoisotopic (exact) mass is 794 g/mol. The molecule has 0 bridgehead atoms. The summed E-state index contributed by atoms with van der Waals surface area (Å²) in [6.45, 7) is 8.96. The molecule has 3 aromatic rings. The van der Waals surface area contributed by atoms with Gasteiger partial charge in [-0.3, -0.25) is 9.59 Å². The molecule has 52 heavy (non-hydrogen) atoms. The minimum atomic E-state index is -5.02. The molecule has 0 unspecified atom stereocenters. The molecule has 0 heterocycles. The van der Waals surface area contributed by atoms with Gasteiger partial charge in [-0.25, -0.2) is 22.8 Å². The molecule has 3 amide bonds. The largest absolute Gasteiger partial charge is 0.443 e. The number of benzene rings is 3. The van der Waals surface area contributed by atoms with Crippen LogP contribution in [0.2, 0.25) is 5.02 Å². The van der Waals surface area contributed by atoms with E-state index >= 15 is 8.78 Å². The van der Waals surface area contributed by atoms with E-state index in [9.17, 15) is 36.7 Å². The third-order valence-corrected chi connectivity index (χ3v) is 8.66. The molecule has 0 aliphatic heterocycles. The van der Waals surface area contributed by atoms with Crippen LogP contribution in [0.5, 0.6) is 0 Å². The summed E-state index contributed by atoms with van der Waals surface area (Å²) >= 11 is 18.8. The number of hydrogen-bond donors (Lipinski definition) is 1. The van der Waals surface area contributed by atoms with Crippen molar-refractivity contribution in [3.63, 3.8) is 0 Å². The summed E-state index contributed by atoms with van der Waals surface area (Å²) in [6.07, 6.45) is -8.48. The average Bonchev–Trinajstić information content (AvgIpc) is 3.55. The van der Waals surface area contributed by atoms with Gasteiger partial charge < -0.3 is 14.8 Å². The first-order valence-corrected chi connectivity index (χ1v) is 16.5. The van der Waals surface area contributed by atoms with Crippen LogP contribution < -0.4 is 10.2 Å². The maximum atomic E-state index is 15.2. The number of nitrogens with zero attached hydrogens (tertiary/aromatic N) is 1. The van der Waals surface area contributed by atoms with E-state index in [1.54, 1.807) is 0 Å². The van der Waals surface area contributed by atoms with E-state index in [-0.39, 0.29) is 26.7 Å². The molecule has 3 aromatic carbocycles. The number of ether oxygens (including phenoxy) is 2. The topological polar surface area (TPSA) is 102 Å². The van der Waals surface area contributed by atoms with Crippen molar-refractivity contribution in [1.29, 1.82) is 0 Å². The molecule has 2 atom stereocenters. The molecule has 1 saturated carbocycles. The lowest BCUT2D eigenvalue weighted by molar-refractivity contribution is -0.140. The Morgan fingerprint density at radius 2 is 1.38 bits per heavy atom. The number of carbonyl (C=O) groups excluding carboxylic acids is 4. The van der Waals surface area contributed by atoms with E-state index in [1.807, 2.05) is 0 Å².